The van der Waals surface area contributed by atoms with E-state index in [0.29, 0.717) is 30.8 Å². The van der Waals surface area contributed by atoms with Gasteiger partial charge < -0.3 is 14.7 Å². The van der Waals surface area contributed by atoms with E-state index in [1.165, 1.54) is 17.0 Å². The lowest BCUT2D eigenvalue weighted by Crippen LogP contribution is -2.23. The van der Waals surface area contributed by atoms with Crippen molar-refractivity contribution in [1.29, 1.82) is 0 Å². The van der Waals surface area contributed by atoms with Gasteiger partial charge in [-0.2, -0.15) is 8.42 Å². The number of phenolic OH excluding ortho intramolecular Hbond substituents is 1. The van der Waals surface area contributed by atoms with E-state index < -0.39 is 16.1 Å². The summed E-state index contributed by atoms with van der Waals surface area (Å²) >= 11 is 0. The summed E-state index contributed by atoms with van der Waals surface area (Å²) in [4.78, 5) is 12.7. The van der Waals surface area contributed by atoms with Crippen molar-refractivity contribution in [3.05, 3.63) is 54.1 Å². The molecule has 0 atom stereocenters. The van der Waals surface area contributed by atoms with Crippen LogP contribution < -0.4 is 9.64 Å². The lowest BCUT2D eigenvalue weighted by molar-refractivity contribution is -0.107. The molecule has 8 heteroatoms. The van der Waals surface area contributed by atoms with Crippen LogP contribution >= 0.6 is 0 Å². The molecule has 0 spiro atoms. The van der Waals surface area contributed by atoms with Crippen LogP contribution in [0.4, 0.5) is 5.69 Å². The Morgan fingerprint density at radius 1 is 1.12 bits per heavy atom. The van der Waals surface area contributed by atoms with Crippen molar-refractivity contribution in [2.45, 2.75) is 6.42 Å². The second-order valence-corrected chi connectivity index (χ2v) is 6.46. The number of aromatic hydroxyl groups is 1. The minimum atomic E-state index is -4.20. The molecule has 0 radical (unpaired) electrons. The zero-order chi connectivity index (χ0) is 17.6. The van der Waals surface area contributed by atoms with Crippen molar-refractivity contribution in [3.63, 3.8) is 0 Å². The molecule has 0 bridgehead atoms. The molecular formula is C16H17NO6S. The maximum absolute atomic E-state index is 11.2. The van der Waals surface area contributed by atoms with Gasteiger partial charge in [0.2, 0.25) is 12.3 Å². The van der Waals surface area contributed by atoms with Crippen LogP contribution in [0.1, 0.15) is 5.56 Å². The Bertz CT molecular complexity index is 788. The largest absolute Gasteiger partial charge is 0.508 e. The van der Waals surface area contributed by atoms with Gasteiger partial charge in [0.25, 0.3) is 0 Å². The fourth-order valence-corrected chi connectivity index (χ4v) is 2.35. The van der Waals surface area contributed by atoms with E-state index >= 15 is 0 Å². The van der Waals surface area contributed by atoms with Crippen LogP contribution in [0.5, 0.6) is 11.5 Å². The van der Waals surface area contributed by atoms with Crippen LogP contribution in [0.15, 0.2) is 48.5 Å². The summed E-state index contributed by atoms with van der Waals surface area (Å²) in [6.07, 6.45) is 1.22. The van der Waals surface area contributed by atoms with Gasteiger partial charge in [-0.1, -0.05) is 12.1 Å². The van der Waals surface area contributed by atoms with Crippen molar-refractivity contribution in [2.24, 2.45) is 0 Å². The van der Waals surface area contributed by atoms with Gasteiger partial charge in [0, 0.05) is 12.2 Å². The average molecular weight is 351 g/mol. The summed E-state index contributed by atoms with van der Waals surface area (Å²) in [5, 5.41) is 9.28. The molecule has 2 N–H and O–H groups in total. The Kier molecular flexibility index (Phi) is 5.78. The molecule has 0 aliphatic carbocycles. The predicted octanol–water partition coefficient (Wildman–Crippen LogP) is 1.82. The molecular weight excluding hydrogens is 334 g/mol. The molecule has 0 aliphatic rings. The quantitative estimate of drug-likeness (QED) is 0.555. The number of ether oxygens (including phenoxy) is 1. The Morgan fingerprint density at radius 2 is 1.83 bits per heavy atom. The van der Waals surface area contributed by atoms with E-state index in [-0.39, 0.29) is 5.75 Å². The summed E-state index contributed by atoms with van der Waals surface area (Å²) in [5.41, 5.74) is 1.50. The molecule has 24 heavy (non-hydrogen) atoms. The first kappa shape index (κ1) is 17.8. The predicted molar refractivity (Wildman–Crippen MR) is 88.7 cm³/mol. The normalized spacial score (nSPS) is 11.0. The smallest absolute Gasteiger partial charge is 0.300 e. The molecule has 2 rings (SSSR count). The van der Waals surface area contributed by atoms with Gasteiger partial charge in [0.05, 0.1) is 0 Å². The van der Waals surface area contributed by atoms with Crippen molar-refractivity contribution in [1.82, 2.24) is 0 Å². The number of nitrogens with zero attached hydrogens (tertiary/aromatic N) is 1. The number of phenols is 1. The minimum absolute atomic E-state index is 0.119. The number of hydrogen-bond acceptors (Lipinski definition) is 5. The van der Waals surface area contributed by atoms with Gasteiger partial charge in [-0.25, -0.2) is 0 Å². The maximum Gasteiger partial charge on any atom is 0.300 e. The molecule has 0 fully saturated rings. The third-order valence-electron chi connectivity index (χ3n) is 3.22. The third kappa shape index (κ3) is 5.56. The second kappa shape index (κ2) is 7.80. The van der Waals surface area contributed by atoms with Crippen molar-refractivity contribution in [2.75, 3.05) is 17.4 Å². The second-order valence-electron chi connectivity index (χ2n) is 5.06. The lowest BCUT2D eigenvalue weighted by atomic mass is 10.1. The number of anilines is 1. The van der Waals surface area contributed by atoms with Gasteiger partial charge in [-0.3, -0.25) is 9.35 Å². The van der Waals surface area contributed by atoms with Crippen LogP contribution in [0.2, 0.25) is 0 Å². The van der Waals surface area contributed by atoms with Crippen LogP contribution in [0, 0.1) is 0 Å². The number of benzene rings is 2. The fourth-order valence-electron chi connectivity index (χ4n) is 2.07. The van der Waals surface area contributed by atoms with Gasteiger partial charge in [-0.15, -0.1) is 0 Å². The van der Waals surface area contributed by atoms with Crippen LogP contribution in [-0.2, 0) is 21.3 Å². The van der Waals surface area contributed by atoms with Crippen molar-refractivity contribution in [3.8, 4) is 11.5 Å². The van der Waals surface area contributed by atoms with Crippen LogP contribution in [-0.4, -0.2) is 37.0 Å². The Labute approximate surface area is 139 Å². The first-order valence-electron chi connectivity index (χ1n) is 7.05. The molecule has 128 valence electrons. The van der Waals surface area contributed by atoms with E-state index in [2.05, 4.69) is 0 Å². The van der Waals surface area contributed by atoms with Crippen LogP contribution in [0.3, 0.4) is 0 Å². The summed E-state index contributed by atoms with van der Waals surface area (Å²) in [6, 6.07) is 13.0. The molecule has 0 saturated heterocycles. The Hall–Kier alpha value is -2.58. The number of carbonyl (C=O) groups excluding carboxylic acids is 1. The zero-order valence-electron chi connectivity index (χ0n) is 12.7. The topological polar surface area (TPSA) is 104 Å². The molecule has 2 aromatic rings. The molecule has 1 amide bonds. The van der Waals surface area contributed by atoms with Gasteiger partial charge in [0.1, 0.15) is 11.5 Å². The highest BCUT2D eigenvalue weighted by Crippen LogP contribution is 2.19. The third-order valence-corrected chi connectivity index (χ3v) is 3.64. The SMILES string of the molecule is O=CN(CCc1cccc(OCS(=O)(=O)O)c1)c1ccc(O)cc1. The molecule has 7 nitrogen and oxygen atoms in total. The molecule has 2 aromatic carbocycles. The Morgan fingerprint density at radius 3 is 2.46 bits per heavy atom. The summed E-state index contributed by atoms with van der Waals surface area (Å²) in [7, 11) is -4.20. The standard InChI is InChI=1S/C16H17NO6S/c18-11-17(14-4-6-15(19)7-5-14)9-8-13-2-1-3-16(10-13)23-12-24(20,21)22/h1-7,10-11,19H,8-9,12H2,(H,20,21,22). The van der Waals surface area contributed by atoms with E-state index in [9.17, 15) is 18.3 Å². The number of rotatable bonds is 8. The van der Waals surface area contributed by atoms with E-state index in [4.69, 9.17) is 9.29 Å². The number of carbonyl (C=O) groups is 1. The fraction of sp³-hybridized carbons (Fsp3) is 0.188. The maximum atomic E-state index is 11.2. The average Bonchev–Trinajstić information content (AvgIpc) is 2.55. The highest BCUT2D eigenvalue weighted by atomic mass is 32.2. The summed E-state index contributed by atoms with van der Waals surface area (Å²) in [5.74, 6) is -0.384. The molecule has 0 aliphatic heterocycles. The Balaban J connectivity index is 2.00. The van der Waals surface area contributed by atoms with Crippen LogP contribution in [0.25, 0.3) is 0 Å². The zero-order valence-corrected chi connectivity index (χ0v) is 13.5. The van der Waals surface area contributed by atoms with Gasteiger partial charge in [0.15, 0.2) is 0 Å². The van der Waals surface area contributed by atoms with Gasteiger partial charge in [-0.05, 0) is 48.4 Å². The molecule has 0 aromatic heterocycles. The van der Waals surface area contributed by atoms with E-state index in [0.717, 1.165) is 5.56 Å². The van der Waals surface area contributed by atoms with Gasteiger partial charge >= 0.3 is 10.1 Å². The highest BCUT2D eigenvalue weighted by Gasteiger charge is 2.08. The lowest BCUT2D eigenvalue weighted by Gasteiger charge is -2.17. The summed E-state index contributed by atoms with van der Waals surface area (Å²) < 4.78 is 35.1. The molecule has 0 saturated carbocycles. The monoisotopic (exact) mass is 351 g/mol. The van der Waals surface area contributed by atoms with E-state index in [1.54, 1.807) is 30.3 Å². The summed E-state index contributed by atoms with van der Waals surface area (Å²) in [6.45, 7) is 0.399. The highest BCUT2D eigenvalue weighted by molar-refractivity contribution is 7.85. The van der Waals surface area contributed by atoms with Crippen molar-refractivity contribution >= 4 is 22.2 Å². The van der Waals surface area contributed by atoms with Crippen molar-refractivity contribution < 1.29 is 27.6 Å². The first-order valence-corrected chi connectivity index (χ1v) is 8.66. The van der Waals surface area contributed by atoms with E-state index in [1.807, 2.05) is 6.07 Å². The minimum Gasteiger partial charge on any atom is -0.508 e. The number of amides is 1. The molecule has 0 heterocycles. The number of hydrogen-bond donors (Lipinski definition) is 2. The molecule has 0 unspecified atom stereocenters. The first-order chi connectivity index (χ1) is 11.4.